The Balaban J connectivity index is 2.09. The second-order valence-electron chi connectivity index (χ2n) is 5.89. The molecule has 2 N–H and O–H groups in total. The molecule has 0 amide bonds. The van der Waals surface area contributed by atoms with E-state index in [0.717, 1.165) is 25.6 Å². The highest BCUT2D eigenvalue weighted by molar-refractivity contribution is 9.11. The fraction of sp³-hybridized carbons (Fsp3) is 0.733. The summed E-state index contributed by atoms with van der Waals surface area (Å²) in [6.45, 7) is 4.49. The number of thiophene rings is 1. The van der Waals surface area contributed by atoms with Crippen molar-refractivity contribution < 1.29 is 0 Å². The van der Waals surface area contributed by atoms with Crippen molar-refractivity contribution in [1.29, 1.82) is 0 Å². The van der Waals surface area contributed by atoms with Crippen molar-refractivity contribution in [2.45, 2.75) is 44.3 Å². The molecule has 2 heterocycles. The average Bonchev–Trinajstić information content (AvgIpc) is 2.85. The van der Waals surface area contributed by atoms with Crippen LogP contribution in [0.15, 0.2) is 15.9 Å². The van der Waals surface area contributed by atoms with Crippen LogP contribution in [-0.4, -0.2) is 49.1 Å². The maximum absolute atomic E-state index is 6.42. The zero-order valence-corrected chi connectivity index (χ0v) is 15.1. The number of rotatable bonds is 5. The van der Waals surface area contributed by atoms with E-state index in [9.17, 15) is 0 Å². The normalized spacial score (nSPS) is 21.3. The molecule has 1 aliphatic heterocycles. The predicted octanol–water partition coefficient (Wildman–Crippen LogP) is 3.32. The van der Waals surface area contributed by atoms with Crippen molar-refractivity contribution in [2.24, 2.45) is 5.73 Å². The summed E-state index contributed by atoms with van der Waals surface area (Å²) < 4.78 is 1.20. The molecule has 114 valence electrons. The van der Waals surface area contributed by atoms with E-state index in [1.54, 1.807) is 0 Å². The Morgan fingerprint density at radius 1 is 1.40 bits per heavy atom. The first-order valence-corrected chi connectivity index (χ1v) is 9.05. The summed E-state index contributed by atoms with van der Waals surface area (Å²) in [5.74, 6) is 0. The average molecular weight is 360 g/mol. The van der Waals surface area contributed by atoms with Crippen molar-refractivity contribution in [2.75, 3.05) is 27.2 Å². The van der Waals surface area contributed by atoms with Crippen LogP contribution in [-0.2, 0) is 0 Å². The molecule has 1 aromatic heterocycles. The summed E-state index contributed by atoms with van der Waals surface area (Å²) >= 11 is 5.40. The van der Waals surface area contributed by atoms with Gasteiger partial charge in [-0.25, -0.2) is 0 Å². The van der Waals surface area contributed by atoms with Crippen LogP contribution in [0.4, 0.5) is 0 Å². The fourth-order valence-corrected chi connectivity index (χ4v) is 4.69. The van der Waals surface area contributed by atoms with E-state index in [1.165, 1.54) is 21.5 Å². The van der Waals surface area contributed by atoms with Gasteiger partial charge in [-0.2, -0.15) is 0 Å². The molecule has 2 atom stereocenters. The number of nitrogens with two attached hydrogens (primary N) is 1. The van der Waals surface area contributed by atoms with Crippen LogP contribution in [0, 0.1) is 0 Å². The molecule has 1 saturated heterocycles. The smallest absolute Gasteiger partial charge is 0.0702 e. The lowest BCUT2D eigenvalue weighted by Crippen LogP contribution is -2.47. The van der Waals surface area contributed by atoms with E-state index in [4.69, 9.17) is 5.73 Å². The monoisotopic (exact) mass is 359 g/mol. The highest BCUT2D eigenvalue weighted by Gasteiger charge is 2.30. The largest absolute Gasteiger partial charge is 0.326 e. The van der Waals surface area contributed by atoms with E-state index in [-0.39, 0.29) is 6.04 Å². The molecule has 0 saturated carbocycles. The van der Waals surface area contributed by atoms with Gasteiger partial charge in [0, 0.05) is 30.1 Å². The summed E-state index contributed by atoms with van der Waals surface area (Å²) in [4.78, 5) is 6.34. The Bertz CT molecular complexity index is 413. The molecular weight excluding hydrogens is 334 g/mol. The maximum Gasteiger partial charge on any atom is 0.0702 e. The molecule has 0 spiro atoms. The minimum atomic E-state index is 0.219. The number of halogens is 1. The van der Waals surface area contributed by atoms with Crippen LogP contribution in [0.5, 0.6) is 0 Å². The van der Waals surface area contributed by atoms with E-state index in [2.05, 4.69) is 58.9 Å². The van der Waals surface area contributed by atoms with Gasteiger partial charge in [0.15, 0.2) is 0 Å². The van der Waals surface area contributed by atoms with E-state index >= 15 is 0 Å². The van der Waals surface area contributed by atoms with Crippen molar-refractivity contribution in [3.63, 3.8) is 0 Å². The molecule has 0 aliphatic carbocycles. The number of nitrogens with zero attached hydrogens (tertiary/aromatic N) is 2. The van der Waals surface area contributed by atoms with E-state index < -0.39 is 0 Å². The predicted molar refractivity (Wildman–Crippen MR) is 91.3 cm³/mol. The first kappa shape index (κ1) is 16.4. The van der Waals surface area contributed by atoms with Crippen molar-refractivity contribution >= 4 is 27.3 Å². The molecule has 1 aromatic rings. The van der Waals surface area contributed by atoms with Crippen LogP contribution >= 0.6 is 27.3 Å². The summed E-state index contributed by atoms with van der Waals surface area (Å²) in [7, 11) is 4.37. The highest BCUT2D eigenvalue weighted by atomic mass is 79.9. The standard InChI is InChI=1S/C15H26BrN3S/c1-4-12(17)15(13-5-6-14(16)20-13)19-9-7-11(8-10-19)18(2)3/h5-6,11-12,15H,4,7-10,17H2,1-3H3. The van der Waals surface area contributed by atoms with Gasteiger partial charge < -0.3 is 10.6 Å². The number of hydrogen-bond acceptors (Lipinski definition) is 4. The Kier molecular flexibility index (Phi) is 6.05. The van der Waals surface area contributed by atoms with Crippen LogP contribution in [0.3, 0.4) is 0 Å². The zero-order valence-electron chi connectivity index (χ0n) is 12.7. The fourth-order valence-electron chi connectivity index (χ4n) is 3.05. The van der Waals surface area contributed by atoms with Gasteiger partial charge in [0.05, 0.1) is 9.83 Å². The van der Waals surface area contributed by atoms with Gasteiger partial charge in [0.1, 0.15) is 0 Å². The second kappa shape index (κ2) is 7.36. The lowest BCUT2D eigenvalue weighted by Gasteiger charge is -2.41. The quantitative estimate of drug-likeness (QED) is 0.874. The third kappa shape index (κ3) is 3.83. The first-order chi connectivity index (χ1) is 9.52. The van der Waals surface area contributed by atoms with Gasteiger partial charge in [0.2, 0.25) is 0 Å². The van der Waals surface area contributed by atoms with Gasteiger partial charge in [-0.05, 0) is 61.4 Å². The summed E-state index contributed by atoms with van der Waals surface area (Å²) in [6, 6.07) is 5.69. The van der Waals surface area contributed by atoms with Gasteiger partial charge in [0.25, 0.3) is 0 Å². The van der Waals surface area contributed by atoms with Crippen molar-refractivity contribution in [3.05, 3.63) is 20.8 Å². The van der Waals surface area contributed by atoms with Gasteiger partial charge in [-0.1, -0.05) is 6.92 Å². The van der Waals surface area contributed by atoms with E-state index in [0.29, 0.717) is 6.04 Å². The molecule has 2 rings (SSSR count). The molecule has 0 aromatic carbocycles. The van der Waals surface area contributed by atoms with Crippen LogP contribution in [0.1, 0.15) is 37.1 Å². The summed E-state index contributed by atoms with van der Waals surface area (Å²) in [6.07, 6.45) is 3.51. The summed E-state index contributed by atoms with van der Waals surface area (Å²) in [5, 5.41) is 0. The molecule has 1 aliphatic rings. The highest BCUT2D eigenvalue weighted by Crippen LogP contribution is 2.35. The molecule has 2 unspecified atom stereocenters. The van der Waals surface area contributed by atoms with Crippen molar-refractivity contribution in [1.82, 2.24) is 9.80 Å². The molecule has 0 radical (unpaired) electrons. The molecule has 1 fully saturated rings. The lowest BCUT2D eigenvalue weighted by atomic mass is 9.97. The van der Waals surface area contributed by atoms with Crippen LogP contribution < -0.4 is 5.73 Å². The van der Waals surface area contributed by atoms with Crippen LogP contribution in [0.2, 0.25) is 0 Å². The molecular formula is C15H26BrN3S. The summed E-state index contributed by atoms with van der Waals surface area (Å²) in [5.41, 5.74) is 6.42. The SMILES string of the molecule is CCC(N)C(c1ccc(Br)s1)N1CCC(N(C)C)CC1. The zero-order chi connectivity index (χ0) is 14.7. The maximum atomic E-state index is 6.42. The van der Waals surface area contributed by atoms with Gasteiger partial charge in [-0.3, -0.25) is 4.90 Å². The second-order valence-corrected chi connectivity index (χ2v) is 8.38. The number of hydrogen-bond donors (Lipinski definition) is 1. The molecule has 0 bridgehead atoms. The Morgan fingerprint density at radius 2 is 2.05 bits per heavy atom. The Morgan fingerprint density at radius 3 is 2.50 bits per heavy atom. The topological polar surface area (TPSA) is 32.5 Å². The number of piperidine rings is 1. The minimum Gasteiger partial charge on any atom is -0.326 e. The lowest BCUT2D eigenvalue weighted by molar-refractivity contribution is 0.0964. The third-order valence-corrected chi connectivity index (χ3v) is 6.08. The minimum absolute atomic E-state index is 0.219. The van der Waals surface area contributed by atoms with Gasteiger partial charge >= 0.3 is 0 Å². The molecule has 5 heteroatoms. The van der Waals surface area contributed by atoms with Crippen molar-refractivity contribution in [3.8, 4) is 0 Å². The first-order valence-electron chi connectivity index (χ1n) is 7.44. The molecule has 3 nitrogen and oxygen atoms in total. The van der Waals surface area contributed by atoms with Gasteiger partial charge in [-0.15, -0.1) is 11.3 Å². The van der Waals surface area contributed by atoms with E-state index in [1.807, 2.05) is 11.3 Å². The Labute approximate surface area is 135 Å². The third-order valence-electron chi connectivity index (χ3n) is 4.39. The molecule has 20 heavy (non-hydrogen) atoms. The Hall–Kier alpha value is 0.0600. The van der Waals surface area contributed by atoms with Crippen LogP contribution in [0.25, 0.3) is 0 Å². The number of likely N-dealkylation sites (tertiary alicyclic amines) is 1.